The van der Waals surface area contributed by atoms with Gasteiger partial charge in [0.05, 0.1) is 12.3 Å². The third-order valence-corrected chi connectivity index (χ3v) is 2.79. The van der Waals surface area contributed by atoms with Crippen LogP contribution in [0.1, 0.15) is 5.82 Å². The first-order valence-electron chi connectivity index (χ1n) is 6.14. The summed E-state index contributed by atoms with van der Waals surface area (Å²) in [7, 11) is 1.50. The number of methoxy groups -OCH3 is 1. The molecule has 1 atom stereocenters. The summed E-state index contributed by atoms with van der Waals surface area (Å²) < 4.78 is 6.68. The van der Waals surface area contributed by atoms with Gasteiger partial charge in [0.1, 0.15) is 18.2 Å². The summed E-state index contributed by atoms with van der Waals surface area (Å²) in [5, 5.41) is 10.5. The summed E-state index contributed by atoms with van der Waals surface area (Å²) in [4.78, 5) is 11.8. The Balaban J connectivity index is 2.15. The zero-order valence-electron chi connectivity index (χ0n) is 11.4. The van der Waals surface area contributed by atoms with Crippen molar-refractivity contribution in [3.8, 4) is 5.69 Å². The fraction of sp³-hybridized carbons (Fsp3) is 0.308. The van der Waals surface area contributed by atoms with Gasteiger partial charge < -0.3 is 15.8 Å². The van der Waals surface area contributed by atoms with Crippen molar-refractivity contribution in [2.45, 2.75) is 13.0 Å². The summed E-state index contributed by atoms with van der Waals surface area (Å²) >= 11 is 0. The topological polar surface area (TPSA) is 95.1 Å². The van der Waals surface area contributed by atoms with Crippen molar-refractivity contribution in [2.75, 3.05) is 19.0 Å². The number of aryl methyl sites for hydroxylation is 1. The normalized spacial score (nSPS) is 12.2. The van der Waals surface area contributed by atoms with Crippen molar-refractivity contribution in [1.82, 2.24) is 14.8 Å². The molecule has 1 aromatic carbocycles. The van der Waals surface area contributed by atoms with E-state index in [1.807, 2.05) is 29.7 Å². The lowest BCUT2D eigenvalue weighted by Crippen LogP contribution is -2.39. The largest absolute Gasteiger partial charge is 0.383 e. The quantitative estimate of drug-likeness (QED) is 0.828. The van der Waals surface area contributed by atoms with Crippen LogP contribution in [0.3, 0.4) is 0 Å². The number of hydrogen-bond donors (Lipinski definition) is 2. The Labute approximate surface area is 116 Å². The molecule has 7 nitrogen and oxygen atoms in total. The van der Waals surface area contributed by atoms with Crippen LogP contribution in [0.4, 0.5) is 5.69 Å². The van der Waals surface area contributed by atoms with Crippen LogP contribution in [0, 0.1) is 6.92 Å². The van der Waals surface area contributed by atoms with Crippen molar-refractivity contribution in [3.63, 3.8) is 0 Å². The standard InChI is InChI=1S/C13H17N5O2/c1-9-17-15-8-18(9)11-5-3-4-10(6-11)16-13(19)12(14)7-20-2/h3-6,8,12H,7,14H2,1-2H3,(H,16,19). The van der Waals surface area contributed by atoms with Gasteiger partial charge in [-0.3, -0.25) is 9.36 Å². The monoisotopic (exact) mass is 275 g/mol. The fourth-order valence-corrected chi connectivity index (χ4v) is 1.77. The summed E-state index contributed by atoms with van der Waals surface area (Å²) in [5.41, 5.74) is 7.20. The Morgan fingerprint density at radius 3 is 3.00 bits per heavy atom. The average Bonchev–Trinajstić information content (AvgIpc) is 2.85. The number of rotatable bonds is 5. The van der Waals surface area contributed by atoms with E-state index in [9.17, 15) is 4.79 Å². The van der Waals surface area contributed by atoms with Crippen LogP contribution in [-0.2, 0) is 9.53 Å². The molecular formula is C13H17N5O2. The van der Waals surface area contributed by atoms with E-state index in [0.29, 0.717) is 5.69 Å². The smallest absolute Gasteiger partial charge is 0.243 e. The molecule has 0 saturated carbocycles. The Hall–Kier alpha value is -2.25. The van der Waals surface area contributed by atoms with Crippen molar-refractivity contribution in [2.24, 2.45) is 5.73 Å². The van der Waals surface area contributed by atoms with Crippen molar-refractivity contribution >= 4 is 11.6 Å². The first-order chi connectivity index (χ1) is 9.61. The number of nitrogens with one attached hydrogen (secondary N) is 1. The summed E-state index contributed by atoms with van der Waals surface area (Å²) in [5.74, 6) is 0.481. The molecule has 1 amide bonds. The molecule has 1 aromatic heterocycles. The summed E-state index contributed by atoms with van der Waals surface area (Å²) in [6, 6.07) is 6.67. The number of ether oxygens (including phenoxy) is 1. The number of carbonyl (C=O) groups excluding carboxylic acids is 1. The van der Waals surface area contributed by atoms with Crippen LogP contribution >= 0.6 is 0 Å². The molecule has 0 radical (unpaired) electrons. The highest BCUT2D eigenvalue weighted by atomic mass is 16.5. The highest BCUT2D eigenvalue weighted by Gasteiger charge is 2.13. The molecule has 1 heterocycles. The van der Waals surface area contributed by atoms with Crippen LogP contribution in [0.5, 0.6) is 0 Å². The number of nitrogens with two attached hydrogens (primary N) is 1. The molecule has 0 bridgehead atoms. The molecule has 0 fully saturated rings. The summed E-state index contributed by atoms with van der Waals surface area (Å²) in [6.45, 7) is 2.03. The highest BCUT2D eigenvalue weighted by Crippen LogP contribution is 2.15. The maximum Gasteiger partial charge on any atom is 0.243 e. The van der Waals surface area contributed by atoms with E-state index >= 15 is 0 Å². The zero-order valence-corrected chi connectivity index (χ0v) is 11.4. The maximum absolute atomic E-state index is 11.8. The van der Waals surface area contributed by atoms with E-state index in [1.54, 1.807) is 12.4 Å². The van der Waals surface area contributed by atoms with Crippen LogP contribution in [-0.4, -0.2) is 40.4 Å². The fourth-order valence-electron chi connectivity index (χ4n) is 1.77. The molecule has 2 aromatic rings. The van der Waals surface area contributed by atoms with E-state index in [2.05, 4.69) is 15.5 Å². The van der Waals surface area contributed by atoms with Gasteiger partial charge in [-0.1, -0.05) is 6.07 Å². The second kappa shape index (κ2) is 6.27. The first kappa shape index (κ1) is 14.2. The van der Waals surface area contributed by atoms with Crippen LogP contribution in [0.25, 0.3) is 5.69 Å². The van der Waals surface area contributed by atoms with Gasteiger partial charge in [-0.25, -0.2) is 0 Å². The molecule has 0 aliphatic carbocycles. The second-order valence-electron chi connectivity index (χ2n) is 4.35. The molecule has 0 aliphatic heterocycles. The van der Waals surface area contributed by atoms with Gasteiger partial charge in [0, 0.05) is 12.8 Å². The molecule has 0 saturated heterocycles. The Morgan fingerprint density at radius 2 is 2.35 bits per heavy atom. The van der Waals surface area contributed by atoms with E-state index in [4.69, 9.17) is 10.5 Å². The van der Waals surface area contributed by atoms with E-state index < -0.39 is 6.04 Å². The van der Waals surface area contributed by atoms with E-state index in [-0.39, 0.29) is 12.5 Å². The van der Waals surface area contributed by atoms with Crippen molar-refractivity contribution < 1.29 is 9.53 Å². The SMILES string of the molecule is COCC(N)C(=O)Nc1cccc(-n2cnnc2C)c1. The average molecular weight is 275 g/mol. The van der Waals surface area contributed by atoms with Crippen molar-refractivity contribution in [3.05, 3.63) is 36.4 Å². The molecule has 0 aliphatic rings. The Morgan fingerprint density at radius 1 is 1.55 bits per heavy atom. The highest BCUT2D eigenvalue weighted by molar-refractivity contribution is 5.95. The molecule has 7 heteroatoms. The van der Waals surface area contributed by atoms with Crippen molar-refractivity contribution in [1.29, 1.82) is 0 Å². The number of carbonyl (C=O) groups is 1. The van der Waals surface area contributed by atoms with Gasteiger partial charge in [0.25, 0.3) is 0 Å². The predicted octanol–water partition coefficient (Wildman–Crippen LogP) is 0.488. The molecule has 106 valence electrons. The van der Waals surface area contributed by atoms with E-state index in [1.165, 1.54) is 7.11 Å². The second-order valence-corrected chi connectivity index (χ2v) is 4.35. The number of amides is 1. The van der Waals surface area contributed by atoms with Gasteiger partial charge in [-0.05, 0) is 25.1 Å². The van der Waals surface area contributed by atoms with Gasteiger partial charge in [0.2, 0.25) is 5.91 Å². The third kappa shape index (κ3) is 3.19. The van der Waals surface area contributed by atoms with Crippen LogP contribution < -0.4 is 11.1 Å². The number of anilines is 1. The Bertz CT molecular complexity index is 596. The molecule has 2 rings (SSSR count). The maximum atomic E-state index is 11.8. The molecule has 0 spiro atoms. The van der Waals surface area contributed by atoms with Gasteiger partial charge in [-0.2, -0.15) is 0 Å². The van der Waals surface area contributed by atoms with E-state index in [0.717, 1.165) is 11.5 Å². The lowest BCUT2D eigenvalue weighted by Gasteiger charge is -2.12. The Kier molecular flexibility index (Phi) is 4.44. The third-order valence-electron chi connectivity index (χ3n) is 2.79. The summed E-state index contributed by atoms with van der Waals surface area (Å²) in [6.07, 6.45) is 1.62. The number of aromatic nitrogens is 3. The lowest BCUT2D eigenvalue weighted by molar-refractivity contribution is -0.118. The van der Waals surface area contributed by atoms with Crippen LogP contribution in [0.2, 0.25) is 0 Å². The van der Waals surface area contributed by atoms with Gasteiger partial charge in [-0.15, -0.1) is 10.2 Å². The van der Waals surface area contributed by atoms with Gasteiger partial charge >= 0.3 is 0 Å². The zero-order chi connectivity index (χ0) is 14.5. The molecule has 20 heavy (non-hydrogen) atoms. The lowest BCUT2D eigenvalue weighted by atomic mass is 10.2. The number of benzene rings is 1. The molecule has 3 N–H and O–H groups in total. The number of hydrogen-bond acceptors (Lipinski definition) is 5. The molecular weight excluding hydrogens is 258 g/mol. The molecule has 1 unspecified atom stereocenters. The minimum absolute atomic E-state index is 0.177. The minimum Gasteiger partial charge on any atom is -0.383 e. The number of nitrogens with zero attached hydrogens (tertiary/aromatic N) is 3. The first-order valence-corrected chi connectivity index (χ1v) is 6.14. The van der Waals surface area contributed by atoms with Crippen LogP contribution in [0.15, 0.2) is 30.6 Å². The predicted molar refractivity (Wildman–Crippen MR) is 74.6 cm³/mol. The minimum atomic E-state index is -0.694. The van der Waals surface area contributed by atoms with Gasteiger partial charge in [0.15, 0.2) is 0 Å².